The van der Waals surface area contributed by atoms with E-state index in [0.29, 0.717) is 29.7 Å². The molecule has 2 aromatic heterocycles. The summed E-state index contributed by atoms with van der Waals surface area (Å²) < 4.78 is 9.86. The Kier molecular flexibility index (Phi) is 4.82. The molecule has 0 aliphatic carbocycles. The molecule has 9 heteroatoms. The number of anilines is 1. The summed E-state index contributed by atoms with van der Waals surface area (Å²) in [4.78, 5) is 19.7. The summed E-state index contributed by atoms with van der Waals surface area (Å²) in [6.45, 7) is 6.45. The molecule has 0 spiro atoms. The van der Waals surface area contributed by atoms with E-state index in [9.17, 15) is 4.79 Å². The second-order valence-electron chi connectivity index (χ2n) is 5.89. The number of carbonyl (C=O) groups is 1. The number of imidazole rings is 1. The van der Waals surface area contributed by atoms with E-state index in [4.69, 9.17) is 4.74 Å². The molecule has 0 radical (unpaired) electrons. The molecule has 3 rings (SSSR count). The highest BCUT2D eigenvalue weighted by Crippen LogP contribution is 2.20. The third-order valence-electron chi connectivity index (χ3n) is 3.54. The lowest BCUT2D eigenvalue weighted by Gasteiger charge is -2.08. The van der Waals surface area contributed by atoms with Crippen LogP contribution in [0.4, 0.5) is 10.5 Å². The van der Waals surface area contributed by atoms with Crippen LogP contribution in [0.2, 0.25) is 0 Å². The zero-order valence-electron chi connectivity index (χ0n) is 14.3. The maximum Gasteiger partial charge on any atom is 0.319 e. The van der Waals surface area contributed by atoms with E-state index in [-0.39, 0.29) is 12.6 Å². The van der Waals surface area contributed by atoms with Crippen LogP contribution in [0.3, 0.4) is 0 Å². The minimum Gasteiger partial charge on any atom is -0.472 e. The molecule has 0 saturated carbocycles. The number of nitrogens with zero attached hydrogens (tertiary/aromatic N) is 3. The van der Waals surface area contributed by atoms with Crippen LogP contribution in [-0.2, 0) is 0 Å². The minimum atomic E-state index is -0.318. The summed E-state index contributed by atoms with van der Waals surface area (Å²) >= 11 is 0. The second-order valence-corrected chi connectivity index (χ2v) is 5.89. The van der Waals surface area contributed by atoms with Crippen LogP contribution in [0, 0.1) is 6.92 Å². The number of H-pyrrole nitrogens is 1. The van der Waals surface area contributed by atoms with E-state index in [1.807, 2.05) is 18.2 Å². The van der Waals surface area contributed by atoms with Gasteiger partial charge in [-0.15, -0.1) is 0 Å². The van der Waals surface area contributed by atoms with Gasteiger partial charge in [0, 0.05) is 11.6 Å². The van der Waals surface area contributed by atoms with Crippen LogP contribution in [0.5, 0.6) is 5.88 Å². The molecule has 0 atom stereocenters. The van der Waals surface area contributed by atoms with Gasteiger partial charge in [-0.1, -0.05) is 19.0 Å². The Bertz CT molecular complexity index is 870. The number of rotatable bonds is 6. The van der Waals surface area contributed by atoms with Crippen LogP contribution in [-0.4, -0.2) is 39.5 Å². The summed E-state index contributed by atoms with van der Waals surface area (Å²) in [5.74, 6) is 1.56. The molecule has 0 bridgehead atoms. The highest BCUT2D eigenvalue weighted by molar-refractivity contribution is 5.91. The van der Waals surface area contributed by atoms with Gasteiger partial charge in [0.2, 0.25) is 0 Å². The normalized spacial score (nSPS) is 11.0. The number of fused-ring (bicyclic) bond motifs is 1. The summed E-state index contributed by atoms with van der Waals surface area (Å²) in [6.07, 6.45) is 0. The Morgan fingerprint density at radius 1 is 1.36 bits per heavy atom. The maximum absolute atomic E-state index is 11.9. The van der Waals surface area contributed by atoms with Crippen molar-refractivity contribution in [1.29, 1.82) is 0 Å². The van der Waals surface area contributed by atoms with Crippen molar-refractivity contribution in [3.05, 3.63) is 29.7 Å². The highest BCUT2D eigenvalue weighted by atomic mass is 16.6. The lowest BCUT2D eigenvalue weighted by Crippen LogP contribution is -2.32. The number of aromatic amines is 1. The lowest BCUT2D eigenvalue weighted by atomic mass is 10.2. The fraction of sp³-hybridized carbons (Fsp3) is 0.375. The minimum absolute atomic E-state index is 0.264. The molecule has 2 heterocycles. The number of benzene rings is 1. The van der Waals surface area contributed by atoms with Crippen molar-refractivity contribution < 1.29 is 14.2 Å². The van der Waals surface area contributed by atoms with Gasteiger partial charge in [-0.3, -0.25) is 0 Å². The van der Waals surface area contributed by atoms with E-state index in [2.05, 4.69) is 49.4 Å². The first-order chi connectivity index (χ1) is 12.0. The van der Waals surface area contributed by atoms with Crippen molar-refractivity contribution in [3.63, 3.8) is 0 Å². The number of carbonyl (C=O) groups excluding carboxylic acids is 1. The molecule has 0 aliphatic heterocycles. The van der Waals surface area contributed by atoms with Crippen molar-refractivity contribution in [2.45, 2.75) is 26.7 Å². The number of aromatic nitrogens is 4. The van der Waals surface area contributed by atoms with Gasteiger partial charge >= 0.3 is 6.03 Å². The van der Waals surface area contributed by atoms with E-state index in [1.54, 1.807) is 6.92 Å². The monoisotopic (exact) mass is 344 g/mol. The number of ether oxygens (including phenoxy) is 1. The molecule has 3 aromatic rings. The van der Waals surface area contributed by atoms with Crippen LogP contribution >= 0.6 is 0 Å². The van der Waals surface area contributed by atoms with Gasteiger partial charge in [0.15, 0.2) is 0 Å². The summed E-state index contributed by atoms with van der Waals surface area (Å²) in [7, 11) is 0. The molecule has 0 aliphatic rings. The molecular formula is C16H20N6O3. The number of hydrogen-bond donors (Lipinski definition) is 3. The smallest absolute Gasteiger partial charge is 0.319 e. The van der Waals surface area contributed by atoms with Gasteiger partial charge in [-0.05, 0) is 30.3 Å². The molecule has 2 amide bonds. The van der Waals surface area contributed by atoms with Crippen molar-refractivity contribution >= 4 is 22.8 Å². The van der Waals surface area contributed by atoms with Crippen molar-refractivity contribution in [2.75, 3.05) is 18.5 Å². The first-order valence-electron chi connectivity index (χ1n) is 7.99. The van der Waals surface area contributed by atoms with Gasteiger partial charge in [0.25, 0.3) is 5.88 Å². The van der Waals surface area contributed by atoms with Crippen LogP contribution in [0.1, 0.15) is 31.3 Å². The predicted molar refractivity (Wildman–Crippen MR) is 91.7 cm³/mol. The molecule has 0 unspecified atom stereocenters. The van der Waals surface area contributed by atoms with E-state index in [1.165, 1.54) is 0 Å². The van der Waals surface area contributed by atoms with E-state index in [0.717, 1.165) is 16.9 Å². The van der Waals surface area contributed by atoms with Crippen molar-refractivity contribution in [2.24, 2.45) is 0 Å². The zero-order valence-corrected chi connectivity index (χ0v) is 14.3. The first kappa shape index (κ1) is 16.7. The number of amides is 2. The molecule has 9 nitrogen and oxygen atoms in total. The average Bonchev–Trinajstić information content (AvgIpc) is 3.17. The number of urea groups is 1. The van der Waals surface area contributed by atoms with Crippen molar-refractivity contribution in [3.8, 4) is 5.88 Å². The highest BCUT2D eigenvalue weighted by Gasteiger charge is 2.09. The van der Waals surface area contributed by atoms with Crippen LogP contribution in [0.25, 0.3) is 11.0 Å². The molecule has 0 saturated heterocycles. The summed E-state index contributed by atoms with van der Waals surface area (Å²) in [5, 5.41) is 12.7. The maximum atomic E-state index is 11.9. The Morgan fingerprint density at radius 2 is 2.20 bits per heavy atom. The molecule has 132 valence electrons. The van der Waals surface area contributed by atoms with Gasteiger partial charge in [-0.25, -0.2) is 14.4 Å². The van der Waals surface area contributed by atoms with E-state index >= 15 is 0 Å². The largest absolute Gasteiger partial charge is 0.472 e. The quantitative estimate of drug-likeness (QED) is 0.592. The fourth-order valence-electron chi connectivity index (χ4n) is 2.22. The standard InChI is InChI=1S/C16H20N6O3/c1-9(2)14-19-12-5-4-11(8-13(12)20-14)18-16(23)17-6-7-24-15-10(3)21-25-22-15/h4-5,8-9H,6-7H2,1-3H3,(H,19,20)(H2,17,18,23). The first-order valence-corrected chi connectivity index (χ1v) is 7.99. The Morgan fingerprint density at radius 3 is 2.92 bits per heavy atom. The third kappa shape index (κ3) is 4.06. The van der Waals surface area contributed by atoms with Gasteiger partial charge in [0.1, 0.15) is 18.1 Å². The number of hydrogen-bond acceptors (Lipinski definition) is 6. The lowest BCUT2D eigenvalue weighted by molar-refractivity contribution is 0.240. The van der Waals surface area contributed by atoms with Crippen LogP contribution in [0.15, 0.2) is 22.8 Å². The Labute approximate surface area is 144 Å². The van der Waals surface area contributed by atoms with E-state index < -0.39 is 0 Å². The van der Waals surface area contributed by atoms with Crippen molar-refractivity contribution in [1.82, 2.24) is 25.6 Å². The SMILES string of the molecule is Cc1nonc1OCCNC(=O)Nc1ccc2nc(C(C)C)[nH]c2c1. The summed E-state index contributed by atoms with van der Waals surface area (Å²) in [6, 6.07) is 5.22. The molecule has 1 aromatic carbocycles. The number of nitrogens with one attached hydrogen (secondary N) is 3. The fourth-order valence-corrected chi connectivity index (χ4v) is 2.22. The zero-order chi connectivity index (χ0) is 17.8. The molecule has 3 N–H and O–H groups in total. The molecule has 25 heavy (non-hydrogen) atoms. The van der Waals surface area contributed by atoms with Gasteiger partial charge < -0.3 is 20.4 Å². The Balaban J connectivity index is 1.50. The predicted octanol–water partition coefficient (Wildman–Crippen LogP) is 2.58. The van der Waals surface area contributed by atoms with Crippen LogP contribution < -0.4 is 15.4 Å². The van der Waals surface area contributed by atoms with Gasteiger partial charge in [-0.2, -0.15) is 0 Å². The summed E-state index contributed by atoms with van der Waals surface area (Å²) in [5.41, 5.74) is 3.01. The van der Waals surface area contributed by atoms with Gasteiger partial charge in [0.05, 0.1) is 17.6 Å². The third-order valence-corrected chi connectivity index (χ3v) is 3.54. The molecular weight excluding hydrogens is 324 g/mol. The Hall–Kier alpha value is -3.10. The molecule has 0 fully saturated rings. The topological polar surface area (TPSA) is 118 Å². The second kappa shape index (κ2) is 7.20. The average molecular weight is 344 g/mol. The number of aryl methyl sites for hydroxylation is 1.